The number of halogens is 5. The van der Waals surface area contributed by atoms with Gasteiger partial charge in [0.2, 0.25) is 0 Å². The first-order valence-electron chi connectivity index (χ1n) is 7.46. The monoisotopic (exact) mass is 446 g/mol. The summed E-state index contributed by atoms with van der Waals surface area (Å²) in [6.45, 7) is -0.0434. The molecule has 10 heteroatoms. The highest BCUT2D eigenvalue weighted by atomic mass is 79.9. The third-order valence-electron chi connectivity index (χ3n) is 3.70. The summed E-state index contributed by atoms with van der Waals surface area (Å²) in [5.41, 5.74) is 0.407. The molecular weight excluding hydrogens is 436 g/mol. The van der Waals surface area contributed by atoms with Crippen LogP contribution in [0.1, 0.15) is 15.9 Å². The summed E-state index contributed by atoms with van der Waals surface area (Å²) in [5, 5.41) is 4.46. The molecule has 27 heavy (non-hydrogen) atoms. The molecule has 3 rings (SSSR count). The molecule has 3 aromatic rings. The van der Waals surface area contributed by atoms with Crippen LogP contribution in [0.15, 0.2) is 41.0 Å². The highest BCUT2D eigenvalue weighted by Crippen LogP contribution is 2.32. The smallest absolute Gasteiger partial charge is 0.465 e. The molecule has 2 aromatic carbocycles. The van der Waals surface area contributed by atoms with Crippen molar-refractivity contribution >= 4 is 32.8 Å². The summed E-state index contributed by atoms with van der Waals surface area (Å²) < 4.78 is 61.9. The van der Waals surface area contributed by atoms with Crippen molar-refractivity contribution in [3.8, 4) is 5.75 Å². The Morgan fingerprint density at radius 1 is 1.30 bits per heavy atom. The highest BCUT2D eigenvalue weighted by molar-refractivity contribution is 9.10. The second-order valence-electron chi connectivity index (χ2n) is 5.46. The van der Waals surface area contributed by atoms with Gasteiger partial charge in [-0.2, -0.15) is 5.10 Å². The number of benzene rings is 2. The number of alkyl halides is 3. The fourth-order valence-electron chi connectivity index (χ4n) is 2.60. The van der Waals surface area contributed by atoms with Gasteiger partial charge in [-0.1, -0.05) is 12.1 Å². The van der Waals surface area contributed by atoms with E-state index in [4.69, 9.17) is 0 Å². The standard InChI is InChI=1S/C17H11BrF4N2O3/c1-26-16(25)12-4-2-3-9(14(12)19)8-24-15-10(7-23-24)5-11(6-13(15)18)27-17(20,21)22/h2-7H,8H2,1H3. The minimum atomic E-state index is -4.82. The summed E-state index contributed by atoms with van der Waals surface area (Å²) in [6, 6.07) is 6.60. The van der Waals surface area contributed by atoms with Crippen LogP contribution in [0.3, 0.4) is 0 Å². The average Bonchev–Trinajstić information content (AvgIpc) is 2.97. The number of nitrogens with zero attached hydrogens (tertiary/aromatic N) is 2. The van der Waals surface area contributed by atoms with Crippen LogP contribution < -0.4 is 4.74 Å². The van der Waals surface area contributed by atoms with E-state index in [0.717, 1.165) is 13.2 Å². The lowest BCUT2D eigenvalue weighted by atomic mass is 10.1. The molecule has 0 atom stereocenters. The number of fused-ring (bicyclic) bond motifs is 1. The zero-order valence-electron chi connectivity index (χ0n) is 13.7. The van der Waals surface area contributed by atoms with Crippen molar-refractivity contribution in [1.29, 1.82) is 0 Å². The maximum atomic E-state index is 14.6. The van der Waals surface area contributed by atoms with Gasteiger partial charge in [0.05, 0.1) is 30.9 Å². The highest BCUT2D eigenvalue weighted by Gasteiger charge is 2.31. The van der Waals surface area contributed by atoms with Gasteiger partial charge in [0.1, 0.15) is 11.6 Å². The Morgan fingerprint density at radius 2 is 2.04 bits per heavy atom. The first-order chi connectivity index (χ1) is 12.7. The Kier molecular flexibility index (Phi) is 5.09. The van der Waals surface area contributed by atoms with Crippen LogP contribution in [0.4, 0.5) is 17.6 Å². The molecule has 0 bridgehead atoms. The van der Waals surface area contributed by atoms with Crippen LogP contribution in [-0.4, -0.2) is 29.2 Å². The van der Waals surface area contributed by atoms with E-state index >= 15 is 0 Å². The third-order valence-corrected chi connectivity index (χ3v) is 4.30. The zero-order valence-corrected chi connectivity index (χ0v) is 15.3. The summed E-state index contributed by atoms with van der Waals surface area (Å²) >= 11 is 3.19. The lowest BCUT2D eigenvalue weighted by Crippen LogP contribution is -2.17. The molecule has 5 nitrogen and oxygen atoms in total. The summed E-state index contributed by atoms with van der Waals surface area (Å²) in [4.78, 5) is 11.6. The zero-order chi connectivity index (χ0) is 19.8. The average molecular weight is 447 g/mol. The number of aromatic nitrogens is 2. The number of rotatable bonds is 4. The Morgan fingerprint density at radius 3 is 2.70 bits per heavy atom. The Bertz CT molecular complexity index is 1020. The molecule has 0 spiro atoms. The molecule has 0 aliphatic carbocycles. The van der Waals surface area contributed by atoms with Crippen LogP contribution in [0.25, 0.3) is 10.9 Å². The van der Waals surface area contributed by atoms with Gasteiger partial charge in [0.15, 0.2) is 0 Å². The van der Waals surface area contributed by atoms with Crippen LogP contribution in [0.5, 0.6) is 5.75 Å². The molecule has 0 fully saturated rings. The van der Waals surface area contributed by atoms with Crippen molar-refractivity contribution in [2.75, 3.05) is 7.11 Å². The van der Waals surface area contributed by atoms with E-state index in [1.165, 1.54) is 35.1 Å². The van der Waals surface area contributed by atoms with Gasteiger partial charge in [-0.05, 0) is 34.1 Å². The predicted molar refractivity (Wildman–Crippen MR) is 91.0 cm³/mol. The third kappa shape index (κ3) is 4.05. The molecular formula is C17H11BrF4N2O3. The number of esters is 1. The number of carbonyl (C=O) groups excluding carboxylic acids is 1. The molecule has 1 heterocycles. The molecule has 0 N–H and O–H groups in total. The van der Waals surface area contributed by atoms with Crippen LogP contribution in [0.2, 0.25) is 0 Å². The molecule has 0 aliphatic rings. The Labute approximate surface area is 158 Å². The van der Waals surface area contributed by atoms with Gasteiger partial charge >= 0.3 is 12.3 Å². The molecule has 0 saturated carbocycles. The summed E-state index contributed by atoms with van der Waals surface area (Å²) in [6.07, 6.45) is -3.48. The summed E-state index contributed by atoms with van der Waals surface area (Å²) in [5.74, 6) is -1.96. The molecule has 0 unspecified atom stereocenters. The number of methoxy groups -OCH3 is 1. The lowest BCUT2D eigenvalue weighted by Gasteiger charge is -2.11. The van der Waals surface area contributed by atoms with Crippen molar-refractivity contribution in [3.63, 3.8) is 0 Å². The Balaban J connectivity index is 1.99. The minimum Gasteiger partial charge on any atom is -0.465 e. The molecule has 142 valence electrons. The fourth-order valence-corrected chi connectivity index (χ4v) is 3.26. The van der Waals surface area contributed by atoms with Gasteiger partial charge < -0.3 is 9.47 Å². The lowest BCUT2D eigenvalue weighted by molar-refractivity contribution is -0.274. The SMILES string of the molecule is COC(=O)c1cccc(Cn2ncc3cc(OC(F)(F)F)cc(Br)c32)c1F. The second kappa shape index (κ2) is 7.18. The van der Waals surface area contributed by atoms with E-state index in [0.29, 0.717) is 15.4 Å². The van der Waals surface area contributed by atoms with E-state index < -0.39 is 23.9 Å². The predicted octanol–water partition coefficient (Wildman–Crippen LogP) is 4.67. The largest absolute Gasteiger partial charge is 0.573 e. The second-order valence-corrected chi connectivity index (χ2v) is 6.32. The van der Waals surface area contributed by atoms with Crippen LogP contribution in [-0.2, 0) is 11.3 Å². The normalized spacial score (nSPS) is 11.6. The van der Waals surface area contributed by atoms with Gasteiger partial charge in [0.25, 0.3) is 0 Å². The van der Waals surface area contributed by atoms with Gasteiger partial charge in [-0.3, -0.25) is 4.68 Å². The maximum absolute atomic E-state index is 14.6. The number of hydrogen-bond acceptors (Lipinski definition) is 4. The molecule has 0 radical (unpaired) electrons. The minimum absolute atomic E-state index is 0.0434. The van der Waals surface area contributed by atoms with Crippen molar-refractivity contribution in [1.82, 2.24) is 9.78 Å². The van der Waals surface area contributed by atoms with Crippen molar-refractivity contribution in [3.05, 3.63) is 57.9 Å². The topological polar surface area (TPSA) is 53.4 Å². The maximum Gasteiger partial charge on any atom is 0.573 e. The quantitative estimate of drug-likeness (QED) is 0.431. The van der Waals surface area contributed by atoms with E-state index in [9.17, 15) is 22.4 Å². The van der Waals surface area contributed by atoms with E-state index in [1.807, 2.05) is 0 Å². The van der Waals surface area contributed by atoms with E-state index in [-0.39, 0.29) is 17.7 Å². The molecule has 0 amide bonds. The molecule has 0 saturated heterocycles. The van der Waals surface area contributed by atoms with Crippen molar-refractivity contribution < 1.29 is 31.8 Å². The molecule has 0 aliphatic heterocycles. The van der Waals surface area contributed by atoms with E-state index in [1.54, 1.807) is 0 Å². The first kappa shape index (κ1) is 19.2. The number of hydrogen-bond donors (Lipinski definition) is 0. The van der Waals surface area contributed by atoms with Gasteiger partial charge in [-0.15, -0.1) is 13.2 Å². The van der Waals surface area contributed by atoms with Gasteiger partial charge in [-0.25, -0.2) is 9.18 Å². The molecule has 1 aromatic heterocycles. The number of carbonyl (C=O) groups is 1. The summed E-state index contributed by atoms with van der Waals surface area (Å²) in [7, 11) is 1.15. The van der Waals surface area contributed by atoms with E-state index in [2.05, 4.69) is 30.5 Å². The van der Waals surface area contributed by atoms with Crippen LogP contribution in [0, 0.1) is 5.82 Å². The Hall–Kier alpha value is -2.62. The first-order valence-corrected chi connectivity index (χ1v) is 8.25. The fraction of sp³-hybridized carbons (Fsp3) is 0.176. The van der Waals surface area contributed by atoms with Crippen LogP contribution >= 0.6 is 15.9 Å². The number of ether oxygens (including phenoxy) is 2. The van der Waals surface area contributed by atoms with Crippen molar-refractivity contribution in [2.24, 2.45) is 0 Å². The van der Waals surface area contributed by atoms with Crippen molar-refractivity contribution in [2.45, 2.75) is 12.9 Å². The van der Waals surface area contributed by atoms with Gasteiger partial charge in [0, 0.05) is 15.4 Å².